The summed E-state index contributed by atoms with van der Waals surface area (Å²) in [6.07, 6.45) is 2.44. The molecule has 0 aromatic heterocycles. The molecule has 0 bridgehead atoms. The minimum Gasteiger partial charge on any atom is -0.497 e. The zero-order valence-corrected chi connectivity index (χ0v) is 8.84. The second kappa shape index (κ2) is 3.28. The van der Waals surface area contributed by atoms with Gasteiger partial charge >= 0.3 is 0 Å². The maximum Gasteiger partial charge on any atom is 0.119 e. The Morgan fingerprint density at radius 2 is 2.14 bits per heavy atom. The van der Waals surface area contributed by atoms with Gasteiger partial charge in [-0.1, -0.05) is 6.07 Å². The van der Waals surface area contributed by atoms with Crippen molar-refractivity contribution in [1.29, 1.82) is 0 Å². The molecule has 1 saturated carbocycles. The van der Waals surface area contributed by atoms with Crippen molar-refractivity contribution in [2.45, 2.75) is 25.2 Å². The van der Waals surface area contributed by atoms with Crippen LogP contribution < -0.4 is 10.5 Å². The number of benzene rings is 1. The fourth-order valence-electron chi connectivity index (χ4n) is 2.03. The molecule has 1 aromatic rings. The van der Waals surface area contributed by atoms with E-state index in [1.165, 1.54) is 24.0 Å². The van der Waals surface area contributed by atoms with Crippen molar-refractivity contribution in [2.75, 3.05) is 13.7 Å². The van der Waals surface area contributed by atoms with Crippen LogP contribution in [0.15, 0.2) is 18.2 Å². The highest BCUT2D eigenvalue weighted by molar-refractivity contribution is 5.43. The van der Waals surface area contributed by atoms with Crippen LogP contribution in [0.4, 0.5) is 0 Å². The number of ether oxygens (including phenoxy) is 1. The molecule has 0 unspecified atom stereocenters. The van der Waals surface area contributed by atoms with Gasteiger partial charge in [0.25, 0.3) is 0 Å². The third-order valence-electron chi connectivity index (χ3n) is 3.26. The molecule has 1 aromatic carbocycles. The predicted molar refractivity (Wildman–Crippen MR) is 57.7 cm³/mol. The maximum absolute atomic E-state index is 5.82. The van der Waals surface area contributed by atoms with Crippen LogP contribution in [0.5, 0.6) is 5.75 Å². The van der Waals surface area contributed by atoms with Crippen molar-refractivity contribution in [3.63, 3.8) is 0 Å². The second-order valence-corrected chi connectivity index (χ2v) is 4.17. The zero-order valence-electron chi connectivity index (χ0n) is 8.84. The first-order chi connectivity index (χ1) is 6.72. The molecule has 76 valence electrons. The van der Waals surface area contributed by atoms with E-state index in [4.69, 9.17) is 10.5 Å². The van der Waals surface area contributed by atoms with Gasteiger partial charge in [0, 0.05) is 12.0 Å². The molecule has 0 amide bonds. The van der Waals surface area contributed by atoms with E-state index in [0.717, 1.165) is 12.3 Å². The third kappa shape index (κ3) is 1.40. The van der Waals surface area contributed by atoms with Crippen LogP contribution in [0.25, 0.3) is 0 Å². The Balaban J connectivity index is 2.41. The van der Waals surface area contributed by atoms with Crippen LogP contribution in [0, 0.1) is 6.92 Å². The third-order valence-corrected chi connectivity index (χ3v) is 3.26. The first-order valence-corrected chi connectivity index (χ1v) is 5.07. The average Bonchev–Trinajstić information content (AvgIpc) is 2.99. The van der Waals surface area contributed by atoms with E-state index in [-0.39, 0.29) is 5.41 Å². The van der Waals surface area contributed by atoms with Gasteiger partial charge in [0.05, 0.1) is 7.11 Å². The van der Waals surface area contributed by atoms with E-state index in [1.807, 2.05) is 6.07 Å². The summed E-state index contributed by atoms with van der Waals surface area (Å²) < 4.78 is 5.24. The molecule has 0 spiro atoms. The molecule has 0 aliphatic heterocycles. The molecule has 0 heterocycles. The second-order valence-electron chi connectivity index (χ2n) is 4.17. The normalized spacial score (nSPS) is 17.9. The maximum atomic E-state index is 5.82. The largest absolute Gasteiger partial charge is 0.497 e. The van der Waals surface area contributed by atoms with Gasteiger partial charge in [-0.3, -0.25) is 0 Å². The van der Waals surface area contributed by atoms with Gasteiger partial charge in [-0.25, -0.2) is 0 Å². The van der Waals surface area contributed by atoms with Gasteiger partial charge in [-0.2, -0.15) is 0 Å². The standard InChI is InChI=1S/C12H17NO/c1-9-3-4-10(14-2)7-11(9)12(8-13)5-6-12/h3-4,7H,5-6,8,13H2,1-2H3. The molecular weight excluding hydrogens is 174 g/mol. The van der Waals surface area contributed by atoms with Crippen molar-refractivity contribution in [3.8, 4) is 5.75 Å². The number of methoxy groups -OCH3 is 1. The molecule has 0 radical (unpaired) electrons. The van der Waals surface area contributed by atoms with E-state index < -0.39 is 0 Å². The van der Waals surface area contributed by atoms with E-state index in [2.05, 4.69) is 19.1 Å². The number of aryl methyl sites for hydroxylation is 1. The molecular formula is C12H17NO. The highest BCUT2D eigenvalue weighted by atomic mass is 16.5. The lowest BCUT2D eigenvalue weighted by molar-refractivity contribution is 0.413. The first kappa shape index (κ1) is 9.53. The Labute approximate surface area is 85.1 Å². The number of hydrogen-bond donors (Lipinski definition) is 1. The van der Waals surface area contributed by atoms with Crippen molar-refractivity contribution < 1.29 is 4.74 Å². The SMILES string of the molecule is COc1ccc(C)c(C2(CN)CC2)c1. The summed E-state index contributed by atoms with van der Waals surface area (Å²) in [5, 5.41) is 0. The topological polar surface area (TPSA) is 35.2 Å². The van der Waals surface area contributed by atoms with Crippen LogP contribution in [0.2, 0.25) is 0 Å². The van der Waals surface area contributed by atoms with E-state index in [9.17, 15) is 0 Å². The molecule has 1 fully saturated rings. The van der Waals surface area contributed by atoms with Gasteiger partial charge in [-0.05, 0) is 43.0 Å². The van der Waals surface area contributed by atoms with Gasteiger partial charge in [-0.15, -0.1) is 0 Å². The minimum atomic E-state index is 0.263. The Kier molecular flexibility index (Phi) is 2.23. The summed E-state index contributed by atoms with van der Waals surface area (Å²) in [4.78, 5) is 0. The smallest absolute Gasteiger partial charge is 0.119 e. The fraction of sp³-hybridized carbons (Fsp3) is 0.500. The fourth-order valence-corrected chi connectivity index (χ4v) is 2.03. The van der Waals surface area contributed by atoms with E-state index in [0.29, 0.717) is 0 Å². The highest BCUT2D eigenvalue weighted by Crippen LogP contribution is 2.49. The van der Waals surface area contributed by atoms with Crippen LogP contribution in [0.3, 0.4) is 0 Å². The van der Waals surface area contributed by atoms with Gasteiger partial charge in [0.1, 0.15) is 5.75 Å². The van der Waals surface area contributed by atoms with Gasteiger partial charge in [0.15, 0.2) is 0 Å². The molecule has 1 aliphatic carbocycles. The van der Waals surface area contributed by atoms with Crippen LogP contribution in [-0.4, -0.2) is 13.7 Å². The lowest BCUT2D eigenvalue weighted by atomic mass is 9.92. The molecule has 2 nitrogen and oxygen atoms in total. The van der Waals surface area contributed by atoms with E-state index in [1.54, 1.807) is 7.11 Å². The minimum absolute atomic E-state index is 0.263. The molecule has 0 atom stereocenters. The summed E-state index contributed by atoms with van der Waals surface area (Å²) in [6, 6.07) is 6.25. The molecule has 2 heteroatoms. The molecule has 2 N–H and O–H groups in total. The number of nitrogens with two attached hydrogens (primary N) is 1. The lowest BCUT2D eigenvalue weighted by Gasteiger charge is -2.16. The highest BCUT2D eigenvalue weighted by Gasteiger charge is 2.43. The van der Waals surface area contributed by atoms with Crippen LogP contribution >= 0.6 is 0 Å². The molecule has 14 heavy (non-hydrogen) atoms. The zero-order chi connectivity index (χ0) is 10.2. The van der Waals surface area contributed by atoms with Crippen molar-refractivity contribution in [1.82, 2.24) is 0 Å². The number of rotatable bonds is 3. The Morgan fingerprint density at radius 1 is 1.43 bits per heavy atom. The monoisotopic (exact) mass is 191 g/mol. The van der Waals surface area contributed by atoms with Crippen molar-refractivity contribution in [2.24, 2.45) is 5.73 Å². The predicted octanol–water partition coefficient (Wildman–Crippen LogP) is 1.99. The summed E-state index contributed by atoms with van der Waals surface area (Å²) in [6.45, 7) is 2.89. The molecule has 2 rings (SSSR count). The summed E-state index contributed by atoms with van der Waals surface area (Å²) >= 11 is 0. The van der Waals surface area contributed by atoms with E-state index >= 15 is 0 Å². The van der Waals surface area contributed by atoms with Gasteiger partial charge in [0.2, 0.25) is 0 Å². The van der Waals surface area contributed by atoms with Gasteiger partial charge < -0.3 is 10.5 Å². The summed E-state index contributed by atoms with van der Waals surface area (Å²) in [5.74, 6) is 0.935. The average molecular weight is 191 g/mol. The first-order valence-electron chi connectivity index (χ1n) is 5.07. The Morgan fingerprint density at radius 3 is 2.64 bits per heavy atom. The summed E-state index contributed by atoms with van der Waals surface area (Å²) in [7, 11) is 1.70. The van der Waals surface area contributed by atoms with Crippen LogP contribution in [0.1, 0.15) is 24.0 Å². The lowest BCUT2D eigenvalue weighted by Crippen LogP contribution is -2.20. The van der Waals surface area contributed by atoms with Crippen molar-refractivity contribution in [3.05, 3.63) is 29.3 Å². The quantitative estimate of drug-likeness (QED) is 0.793. The summed E-state index contributed by atoms with van der Waals surface area (Å²) in [5.41, 5.74) is 8.78. The Bertz CT molecular complexity index is 342. The van der Waals surface area contributed by atoms with Crippen LogP contribution in [-0.2, 0) is 5.41 Å². The Hall–Kier alpha value is -1.02. The number of hydrogen-bond acceptors (Lipinski definition) is 2. The molecule has 0 saturated heterocycles. The molecule has 1 aliphatic rings. The van der Waals surface area contributed by atoms with Crippen molar-refractivity contribution >= 4 is 0 Å².